The van der Waals surface area contributed by atoms with Crippen LogP contribution >= 0.6 is 11.8 Å². The van der Waals surface area contributed by atoms with Crippen molar-refractivity contribution in [3.05, 3.63) is 5.82 Å². The van der Waals surface area contributed by atoms with E-state index in [0.29, 0.717) is 12.0 Å². The van der Waals surface area contributed by atoms with Crippen LogP contribution in [0.25, 0.3) is 0 Å². The third-order valence-electron chi connectivity index (χ3n) is 2.76. The average Bonchev–Trinajstić information content (AvgIpc) is 3.19. The summed E-state index contributed by atoms with van der Waals surface area (Å²) in [4.78, 5) is 13.2. The lowest BCUT2D eigenvalue weighted by atomic mass is 10.2. The maximum Gasteiger partial charge on any atom is 0.244 e. The molecule has 1 heterocycles. The maximum atomic E-state index is 5.99. The fraction of sp³-hybridized carbons (Fsp3) is 0.727. The van der Waals surface area contributed by atoms with Crippen molar-refractivity contribution in [2.45, 2.75) is 50.2 Å². The summed E-state index contributed by atoms with van der Waals surface area (Å²) >= 11 is 1.54. The second kappa shape index (κ2) is 5.64. The molecule has 17 heavy (non-hydrogen) atoms. The van der Waals surface area contributed by atoms with Crippen LogP contribution in [0.1, 0.15) is 38.4 Å². The van der Waals surface area contributed by atoms with Gasteiger partial charge >= 0.3 is 0 Å². The van der Waals surface area contributed by atoms with Gasteiger partial charge in [-0.25, -0.2) is 10.8 Å². The summed E-state index contributed by atoms with van der Waals surface area (Å²) in [5.41, 5.74) is 0. The molecule has 2 rings (SSSR count). The molecule has 1 saturated carbocycles. The van der Waals surface area contributed by atoms with Gasteiger partial charge in [-0.05, 0) is 25.5 Å². The average molecular weight is 253 g/mol. The highest BCUT2D eigenvalue weighted by atomic mass is 32.2. The Labute approximate surface area is 106 Å². The predicted octanol–water partition coefficient (Wildman–Crippen LogP) is 1.78. The Balaban J connectivity index is 2.18. The van der Waals surface area contributed by atoms with E-state index in [-0.39, 0.29) is 0 Å². The van der Waals surface area contributed by atoms with Gasteiger partial charge in [-0.3, -0.25) is 5.01 Å². The summed E-state index contributed by atoms with van der Waals surface area (Å²) in [6.07, 6.45) is 7.40. The van der Waals surface area contributed by atoms with Gasteiger partial charge in [0.05, 0.1) is 0 Å². The topological polar surface area (TPSA) is 67.9 Å². The van der Waals surface area contributed by atoms with Crippen LogP contribution in [0.15, 0.2) is 5.16 Å². The van der Waals surface area contributed by atoms with E-state index in [4.69, 9.17) is 5.84 Å². The van der Waals surface area contributed by atoms with E-state index in [9.17, 15) is 0 Å². The molecule has 0 atom stereocenters. The maximum absolute atomic E-state index is 5.99. The Morgan fingerprint density at radius 1 is 1.35 bits per heavy atom. The van der Waals surface area contributed by atoms with Crippen molar-refractivity contribution in [2.24, 2.45) is 5.84 Å². The Morgan fingerprint density at radius 2 is 2.12 bits per heavy atom. The zero-order valence-electron chi connectivity index (χ0n) is 10.4. The molecule has 1 fully saturated rings. The Bertz CT molecular complexity index is 380. The fourth-order valence-corrected chi connectivity index (χ4v) is 1.93. The van der Waals surface area contributed by atoms with Crippen molar-refractivity contribution < 1.29 is 0 Å². The van der Waals surface area contributed by atoms with Crippen molar-refractivity contribution in [1.29, 1.82) is 0 Å². The number of anilines is 1. The first-order valence-electron chi connectivity index (χ1n) is 6.07. The monoisotopic (exact) mass is 253 g/mol. The molecule has 0 radical (unpaired) electrons. The lowest BCUT2D eigenvalue weighted by molar-refractivity contribution is 0.697. The highest BCUT2D eigenvalue weighted by molar-refractivity contribution is 7.98. The Morgan fingerprint density at radius 3 is 2.71 bits per heavy atom. The van der Waals surface area contributed by atoms with E-state index < -0.39 is 0 Å². The van der Waals surface area contributed by atoms with Gasteiger partial charge in [0.1, 0.15) is 5.82 Å². The normalized spacial score (nSPS) is 15.0. The van der Waals surface area contributed by atoms with Crippen molar-refractivity contribution in [3.8, 4) is 0 Å². The molecule has 0 aliphatic heterocycles. The van der Waals surface area contributed by atoms with Gasteiger partial charge in [0, 0.05) is 12.5 Å². The van der Waals surface area contributed by atoms with Crippen LogP contribution in [0.3, 0.4) is 0 Å². The van der Waals surface area contributed by atoms with Crippen molar-refractivity contribution in [3.63, 3.8) is 0 Å². The summed E-state index contributed by atoms with van der Waals surface area (Å²) in [6.45, 7) is 2.16. The van der Waals surface area contributed by atoms with Crippen molar-refractivity contribution in [2.75, 3.05) is 11.3 Å². The summed E-state index contributed by atoms with van der Waals surface area (Å²) < 4.78 is 0. The van der Waals surface area contributed by atoms with Crippen LogP contribution in [-0.4, -0.2) is 27.2 Å². The quantitative estimate of drug-likeness (QED) is 0.473. The summed E-state index contributed by atoms with van der Waals surface area (Å²) in [7, 11) is 0. The summed E-state index contributed by atoms with van der Waals surface area (Å²) in [6, 6.07) is 0.422. The van der Waals surface area contributed by atoms with Gasteiger partial charge in [0.25, 0.3) is 0 Å². The molecule has 1 aromatic heterocycles. The number of aryl methyl sites for hydroxylation is 1. The SMILES string of the molecule is CCCCc1nc(SC)nc(N(N)C2CC2)n1. The van der Waals surface area contributed by atoms with Gasteiger partial charge in [0.2, 0.25) is 5.95 Å². The number of thioether (sulfide) groups is 1. The summed E-state index contributed by atoms with van der Waals surface area (Å²) in [5.74, 6) is 7.47. The molecule has 1 aliphatic carbocycles. The van der Waals surface area contributed by atoms with Gasteiger partial charge in [-0.2, -0.15) is 9.97 Å². The second-order valence-electron chi connectivity index (χ2n) is 4.28. The molecule has 6 heteroatoms. The predicted molar refractivity (Wildman–Crippen MR) is 69.9 cm³/mol. The van der Waals surface area contributed by atoms with Gasteiger partial charge < -0.3 is 0 Å². The summed E-state index contributed by atoms with van der Waals surface area (Å²) in [5, 5.41) is 2.45. The van der Waals surface area contributed by atoms with Crippen LogP contribution < -0.4 is 10.9 Å². The molecule has 1 aromatic rings. The number of nitrogens with zero attached hydrogens (tertiary/aromatic N) is 4. The van der Waals surface area contributed by atoms with Crippen LogP contribution in [0.2, 0.25) is 0 Å². The molecular formula is C11H19N5S. The molecule has 5 nitrogen and oxygen atoms in total. The van der Waals surface area contributed by atoms with E-state index in [1.807, 2.05) is 6.26 Å². The Kier molecular flexibility index (Phi) is 4.17. The minimum atomic E-state index is 0.422. The lowest BCUT2D eigenvalue weighted by Crippen LogP contribution is -2.35. The number of aromatic nitrogens is 3. The minimum Gasteiger partial charge on any atom is -0.276 e. The molecule has 0 spiro atoms. The lowest BCUT2D eigenvalue weighted by Gasteiger charge is -2.16. The van der Waals surface area contributed by atoms with Gasteiger partial charge in [0.15, 0.2) is 5.16 Å². The number of nitrogens with two attached hydrogens (primary N) is 1. The van der Waals surface area contributed by atoms with Gasteiger partial charge in [-0.1, -0.05) is 25.1 Å². The van der Waals surface area contributed by atoms with E-state index in [2.05, 4.69) is 21.9 Å². The van der Waals surface area contributed by atoms with E-state index in [1.54, 1.807) is 5.01 Å². The first-order chi connectivity index (χ1) is 8.24. The number of unbranched alkanes of at least 4 members (excludes halogenated alkanes) is 1. The molecule has 0 amide bonds. The third kappa shape index (κ3) is 3.29. The largest absolute Gasteiger partial charge is 0.276 e. The number of hydrogen-bond donors (Lipinski definition) is 1. The van der Waals surface area contributed by atoms with Crippen LogP contribution in [-0.2, 0) is 6.42 Å². The molecule has 0 saturated heterocycles. The third-order valence-corrected chi connectivity index (χ3v) is 3.30. The molecule has 0 aromatic carbocycles. The van der Waals surface area contributed by atoms with E-state index in [0.717, 1.165) is 43.1 Å². The fourth-order valence-electron chi connectivity index (χ4n) is 1.56. The smallest absolute Gasteiger partial charge is 0.244 e. The second-order valence-corrected chi connectivity index (χ2v) is 5.05. The molecule has 0 bridgehead atoms. The molecule has 1 aliphatic rings. The number of hydrogen-bond acceptors (Lipinski definition) is 6. The highest BCUT2D eigenvalue weighted by Gasteiger charge is 2.29. The Hall–Kier alpha value is -0.880. The standard InChI is InChI=1S/C11H19N5S/c1-3-4-5-9-13-10(15-11(14-9)17-2)16(12)8-6-7-8/h8H,3-7,12H2,1-2H3. The highest BCUT2D eigenvalue weighted by Crippen LogP contribution is 2.27. The van der Waals surface area contributed by atoms with E-state index >= 15 is 0 Å². The first kappa shape index (κ1) is 12.6. The number of hydrazine groups is 1. The number of rotatable bonds is 6. The van der Waals surface area contributed by atoms with E-state index in [1.165, 1.54) is 11.8 Å². The first-order valence-corrected chi connectivity index (χ1v) is 7.30. The molecular weight excluding hydrogens is 234 g/mol. The van der Waals surface area contributed by atoms with Crippen molar-refractivity contribution in [1.82, 2.24) is 15.0 Å². The van der Waals surface area contributed by atoms with Crippen molar-refractivity contribution >= 4 is 17.7 Å². The zero-order valence-corrected chi connectivity index (χ0v) is 11.2. The van der Waals surface area contributed by atoms with Gasteiger partial charge in [-0.15, -0.1) is 0 Å². The zero-order chi connectivity index (χ0) is 12.3. The van der Waals surface area contributed by atoms with Crippen LogP contribution in [0.4, 0.5) is 5.95 Å². The van der Waals surface area contributed by atoms with Crippen LogP contribution in [0.5, 0.6) is 0 Å². The van der Waals surface area contributed by atoms with Crippen LogP contribution in [0, 0.1) is 0 Å². The molecule has 94 valence electrons. The molecule has 0 unspecified atom stereocenters. The minimum absolute atomic E-state index is 0.422. The molecule has 2 N–H and O–H groups in total.